The number of amides is 1. The fourth-order valence-electron chi connectivity index (χ4n) is 2.71. The number of rotatable bonds is 6. The van der Waals surface area contributed by atoms with E-state index in [-0.39, 0.29) is 5.91 Å². The van der Waals surface area contributed by atoms with Gasteiger partial charge in [-0.3, -0.25) is 19.6 Å². The maximum atomic E-state index is 12.0. The molecule has 0 aliphatic carbocycles. The van der Waals surface area contributed by atoms with Crippen LogP contribution in [-0.4, -0.2) is 53.4 Å². The van der Waals surface area contributed by atoms with E-state index in [2.05, 4.69) is 26.2 Å². The van der Waals surface area contributed by atoms with Crippen molar-refractivity contribution < 1.29 is 4.79 Å². The molecular formula is C17H22N4OS. The van der Waals surface area contributed by atoms with Crippen molar-refractivity contribution in [1.82, 2.24) is 20.1 Å². The minimum absolute atomic E-state index is 0.110. The smallest absolute Gasteiger partial charge is 0.234 e. The van der Waals surface area contributed by atoms with Crippen LogP contribution in [0.25, 0.3) is 0 Å². The second kappa shape index (κ2) is 8.19. The Morgan fingerprint density at radius 1 is 1.17 bits per heavy atom. The van der Waals surface area contributed by atoms with Crippen molar-refractivity contribution in [3.05, 3.63) is 52.5 Å². The van der Waals surface area contributed by atoms with Crippen LogP contribution in [0.1, 0.15) is 10.4 Å². The number of carbonyl (C=O) groups excluding carboxylic acids is 1. The first-order valence-corrected chi connectivity index (χ1v) is 8.80. The number of thiophene rings is 1. The standard InChI is InChI=1S/C17H22N4OS/c22-17(19-12-16-4-2-10-23-16)14-21-8-6-20(7-9-21)13-15-3-1-5-18-11-15/h1-5,10-11H,6-9,12-14H2,(H,19,22). The summed E-state index contributed by atoms with van der Waals surface area (Å²) in [5.74, 6) is 0.110. The normalized spacial score (nSPS) is 16.3. The van der Waals surface area contributed by atoms with Crippen molar-refractivity contribution in [1.29, 1.82) is 0 Å². The Morgan fingerprint density at radius 2 is 2.00 bits per heavy atom. The van der Waals surface area contributed by atoms with Crippen molar-refractivity contribution in [2.24, 2.45) is 0 Å². The fraction of sp³-hybridized carbons (Fsp3) is 0.412. The van der Waals surface area contributed by atoms with Crippen LogP contribution in [0.15, 0.2) is 42.0 Å². The molecule has 3 heterocycles. The molecule has 0 aromatic carbocycles. The largest absolute Gasteiger partial charge is 0.350 e. The van der Waals surface area contributed by atoms with Crippen molar-refractivity contribution in [2.75, 3.05) is 32.7 Å². The summed E-state index contributed by atoms with van der Waals surface area (Å²) in [4.78, 5) is 22.0. The Kier molecular flexibility index (Phi) is 5.74. The van der Waals surface area contributed by atoms with Crippen LogP contribution in [0.2, 0.25) is 0 Å². The first-order valence-electron chi connectivity index (χ1n) is 7.92. The van der Waals surface area contributed by atoms with Crippen LogP contribution in [0.3, 0.4) is 0 Å². The molecule has 23 heavy (non-hydrogen) atoms. The summed E-state index contributed by atoms with van der Waals surface area (Å²) in [7, 11) is 0. The van der Waals surface area contributed by atoms with Crippen molar-refractivity contribution in [2.45, 2.75) is 13.1 Å². The van der Waals surface area contributed by atoms with Crippen LogP contribution in [0.5, 0.6) is 0 Å². The highest BCUT2D eigenvalue weighted by Gasteiger charge is 2.18. The first kappa shape index (κ1) is 16.1. The molecule has 0 spiro atoms. The van der Waals surface area contributed by atoms with Crippen molar-refractivity contribution in [3.63, 3.8) is 0 Å². The van der Waals surface area contributed by atoms with Gasteiger partial charge in [0.15, 0.2) is 0 Å². The van der Waals surface area contributed by atoms with Gasteiger partial charge in [-0.15, -0.1) is 11.3 Å². The topological polar surface area (TPSA) is 48.5 Å². The molecule has 6 heteroatoms. The zero-order valence-electron chi connectivity index (χ0n) is 13.1. The molecular weight excluding hydrogens is 308 g/mol. The van der Waals surface area contributed by atoms with Crippen LogP contribution >= 0.6 is 11.3 Å². The molecule has 1 saturated heterocycles. The van der Waals surface area contributed by atoms with Crippen molar-refractivity contribution >= 4 is 17.2 Å². The Morgan fingerprint density at radius 3 is 2.70 bits per heavy atom. The molecule has 122 valence electrons. The Bertz CT molecular complexity index is 594. The lowest BCUT2D eigenvalue weighted by atomic mass is 10.2. The lowest BCUT2D eigenvalue weighted by molar-refractivity contribution is -0.122. The molecule has 3 rings (SSSR count). The van der Waals surface area contributed by atoms with E-state index in [4.69, 9.17) is 0 Å². The van der Waals surface area contributed by atoms with E-state index in [0.717, 1.165) is 32.7 Å². The number of hydrogen-bond donors (Lipinski definition) is 1. The van der Waals surface area contributed by atoms with E-state index in [1.807, 2.05) is 29.8 Å². The third kappa shape index (κ3) is 5.13. The average molecular weight is 330 g/mol. The molecule has 0 saturated carbocycles. The first-order chi connectivity index (χ1) is 11.3. The van der Waals surface area contributed by atoms with E-state index in [9.17, 15) is 4.79 Å². The van der Waals surface area contributed by atoms with Gasteiger partial charge >= 0.3 is 0 Å². The lowest BCUT2D eigenvalue weighted by Gasteiger charge is -2.34. The highest BCUT2D eigenvalue weighted by Crippen LogP contribution is 2.09. The Labute approximate surface area is 140 Å². The predicted molar refractivity (Wildman–Crippen MR) is 92.1 cm³/mol. The molecule has 1 N–H and O–H groups in total. The SMILES string of the molecule is O=C(CN1CCN(Cc2cccnc2)CC1)NCc1cccs1. The molecule has 0 atom stereocenters. The van der Waals surface area contributed by atoms with Gasteiger partial charge in [0.2, 0.25) is 5.91 Å². The van der Waals surface area contributed by atoms with Gasteiger partial charge in [0.05, 0.1) is 13.1 Å². The van der Waals surface area contributed by atoms with Gasteiger partial charge in [-0.25, -0.2) is 0 Å². The quantitative estimate of drug-likeness (QED) is 0.874. The van der Waals surface area contributed by atoms with Crippen LogP contribution < -0.4 is 5.32 Å². The zero-order valence-corrected chi connectivity index (χ0v) is 14.0. The number of carbonyl (C=O) groups is 1. The van der Waals surface area contributed by atoms with Gasteiger partial charge in [-0.2, -0.15) is 0 Å². The average Bonchev–Trinajstić information content (AvgIpc) is 3.09. The summed E-state index contributed by atoms with van der Waals surface area (Å²) in [5, 5.41) is 5.02. The summed E-state index contributed by atoms with van der Waals surface area (Å²) >= 11 is 1.67. The minimum atomic E-state index is 0.110. The molecule has 1 aliphatic heterocycles. The van der Waals surface area contributed by atoms with Gasteiger partial charge in [0.1, 0.15) is 0 Å². The van der Waals surface area contributed by atoms with Gasteiger partial charge in [-0.05, 0) is 23.1 Å². The molecule has 1 aliphatic rings. The van der Waals surface area contributed by atoms with Gasteiger partial charge in [0.25, 0.3) is 0 Å². The van der Waals surface area contributed by atoms with Gasteiger partial charge in [0, 0.05) is 50.0 Å². The lowest BCUT2D eigenvalue weighted by Crippen LogP contribution is -2.49. The minimum Gasteiger partial charge on any atom is -0.350 e. The number of nitrogens with zero attached hydrogens (tertiary/aromatic N) is 3. The van der Waals surface area contributed by atoms with E-state index in [1.165, 1.54) is 10.4 Å². The van der Waals surface area contributed by atoms with E-state index in [0.29, 0.717) is 13.1 Å². The number of aromatic nitrogens is 1. The molecule has 2 aromatic rings. The third-order valence-electron chi connectivity index (χ3n) is 4.00. The Balaban J connectivity index is 1.36. The predicted octanol–water partition coefficient (Wildman–Crippen LogP) is 1.58. The van der Waals surface area contributed by atoms with E-state index in [1.54, 1.807) is 17.5 Å². The molecule has 5 nitrogen and oxygen atoms in total. The number of piperazine rings is 1. The summed E-state index contributed by atoms with van der Waals surface area (Å²) in [5.41, 5.74) is 1.25. The zero-order chi connectivity index (χ0) is 15.9. The highest BCUT2D eigenvalue weighted by atomic mass is 32.1. The molecule has 2 aromatic heterocycles. The van der Waals surface area contributed by atoms with E-state index >= 15 is 0 Å². The monoisotopic (exact) mass is 330 g/mol. The summed E-state index contributed by atoms with van der Waals surface area (Å²) in [6.07, 6.45) is 3.72. The maximum Gasteiger partial charge on any atom is 0.234 e. The Hall–Kier alpha value is -1.76. The number of pyridine rings is 1. The highest BCUT2D eigenvalue weighted by molar-refractivity contribution is 7.09. The summed E-state index contributed by atoms with van der Waals surface area (Å²) in [6, 6.07) is 8.14. The molecule has 0 bridgehead atoms. The number of nitrogens with one attached hydrogen (secondary N) is 1. The van der Waals surface area contributed by atoms with Gasteiger partial charge in [-0.1, -0.05) is 12.1 Å². The second-order valence-electron chi connectivity index (χ2n) is 5.77. The van der Waals surface area contributed by atoms with Gasteiger partial charge < -0.3 is 5.32 Å². The second-order valence-corrected chi connectivity index (χ2v) is 6.80. The molecule has 0 radical (unpaired) electrons. The van der Waals surface area contributed by atoms with Crippen LogP contribution in [0.4, 0.5) is 0 Å². The summed E-state index contributed by atoms with van der Waals surface area (Å²) in [6.45, 7) is 5.93. The van der Waals surface area contributed by atoms with Crippen LogP contribution in [-0.2, 0) is 17.9 Å². The number of hydrogen-bond acceptors (Lipinski definition) is 5. The summed E-state index contributed by atoms with van der Waals surface area (Å²) < 4.78 is 0. The van der Waals surface area contributed by atoms with E-state index < -0.39 is 0 Å². The molecule has 1 fully saturated rings. The fourth-order valence-corrected chi connectivity index (χ4v) is 3.36. The maximum absolute atomic E-state index is 12.0. The van der Waals surface area contributed by atoms with Crippen molar-refractivity contribution in [3.8, 4) is 0 Å². The van der Waals surface area contributed by atoms with Crippen LogP contribution in [0, 0.1) is 0 Å². The molecule has 0 unspecified atom stereocenters. The molecule has 1 amide bonds. The third-order valence-corrected chi connectivity index (χ3v) is 4.88.